The second-order valence-electron chi connectivity index (χ2n) is 3.00. The minimum absolute atomic E-state index is 0.602. The number of hydrogen-bond acceptors (Lipinski definition) is 2. The Balaban J connectivity index is 2.56. The molecule has 0 aromatic carbocycles. The first kappa shape index (κ1) is 6.59. The Morgan fingerprint density at radius 1 is 1.56 bits per heavy atom. The lowest BCUT2D eigenvalue weighted by Crippen LogP contribution is -2.47. The van der Waals surface area contributed by atoms with Gasteiger partial charge in [-0.3, -0.25) is 5.01 Å². The lowest BCUT2D eigenvalue weighted by atomic mass is 9.98. The molecular weight excluding hydrogens is 112 g/mol. The minimum Gasteiger partial charge on any atom is -0.291 e. The highest BCUT2D eigenvalue weighted by molar-refractivity contribution is 5.90. The summed E-state index contributed by atoms with van der Waals surface area (Å²) in [5.74, 6) is 0.701. The van der Waals surface area contributed by atoms with Gasteiger partial charge in [0.25, 0.3) is 0 Å². The van der Waals surface area contributed by atoms with Crippen molar-refractivity contribution in [3.8, 4) is 0 Å². The first-order valence-corrected chi connectivity index (χ1v) is 3.41. The molecule has 0 saturated carbocycles. The van der Waals surface area contributed by atoms with Gasteiger partial charge in [0.05, 0.1) is 11.8 Å². The Hall–Kier alpha value is -0.530. The summed E-state index contributed by atoms with van der Waals surface area (Å²) in [5, 5.41) is 6.20. The molecule has 1 heterocycles. The largest absolute Gasteiger partial charge is 0.291 e. The van der Waals surface area contributed by atoms with Gasteiger partial charge < -0.3 is 0 Å². The zero-order chi connectivity index (χ0) is 7.02. The SMILES string of the molecule is CC1=NN(C)[C@H]1C(C)C. The maximum absolute atomic E-state index is 4.17. The van der Waals surface area contributed by atoms with E-state index in [9.17, 15) is 0 Å². The van der Waals surface area contributed by atoms with Gasteiger partial charge in [0.15, 0.2) is 0 Å². The Kier molecular flexibility index (Phi) is 1.47. The zero-order valence-corrected chi connectivity index (χ0v) is 6.55. The zero-order valence-electron chi connectivity index (χ0n) is 6.55. The molecule has 1 aliphatic rings. The van der Waals surface area contributed by atoms with Gasteiger partial charge in [-0.05, 0) is 12.8 Å². The molecule has 0 N–H and O–H groups in total. The normalized spacial score (nSPS) is 26.1. The first-order valence-electron chi connectivity index (χ1n) is 3.41. The molecule has 9 heavy (non-hydrogen) atoms. The Morgan fingerprint density at radius 2 is 2.11 bits per heavy atom. The van der Waals surface area contributed by atoms with E-state index >= 15 is 0 Å². The third kappa shape index (κ3) is 0.934. The Labute approximate surface area is 56.5 Å². The van der Waals surface area contributed by atoms with Crippen LogP contribution in [-0.4, -0.2) is 23.8 Å². The molecule has 0 saturated heterocycles. The molecule has 1 atom stereocenters. The van der Waals surface area contributed by atoms with Crippen LogP contribution in [0.5, 0.6) is 0 Å². The van der Waals surface area contributed by atoms with E-state index in [1.165, 1.54) is 5.71 Å². The van der Waals surface area contributed by atoms with E-state index < -0.39 is 0 Å². The van der Waals surface area contributed by atoms with Gasteiger partial charge in [-0.1, -0.05) is 13.8 Å². The average molecular weight is 126 g/mol. The summed E-state index contributed by atoms with van der Waals surface area (Å²) >= 11 is 0. The third-order valence-corrected chi connectivity index (χ3v) is 1.78. The summed E-state index contributed by atoms with van der Waals surface area (Å²) < 4.78 is 0. The maximum atomic E-state index is 4.17. The molecule has 0 bridgehead atoms. The van der Waals surface area contributed by atoms with Crippen LogP contribution in [0.3, 0.4) is 0 Å². The molecule has 0 aromatic heterocycles. The van der Waals surface area contributed by atoms with Crippen molar-refractivity contribution in [2.45, 2.75) is 26.8 Å². The van der Waals surface area contributed by atoms with Crippen LogP contribution >= 0.6 is 0 Å². The molecule has 1 aliphatic heterocycles. The fourth-order valence-corrected chi connectivity index (χ4v) is 1.50. The summed E-state index contributed by atoms with van der Waals surface area (Å²) in [6.07, 6.45) is 0. The van der Waals surface area contributed by atoms with E-state index in [-0.39, 0.29) is 0 Å². The van der Waals surface area contributed by atoms with E-state index in [2.05, 4.69) is 25.9 Å². The standard InChI is InChI=1S/C7H14N2/c1-5(2)7-6(3)8-9(7)4/h5,7H,1-4H3/t7-/m0/s1. The molecule has 0 fully saturated rings. The van der Waals surface area contributed by atoms with E-state index in [1.807, 2.05) is 12.1 Å². The molecular formula is C7H14N2. The number of rotatable bonds is 1. The molecule has 0 spiro atoms. The van der Waals surface area contributed by atoms with Crippen molar-refractivity contribution < 1.29 is 0 Å². The van der Waals surface area contributed by atoms with E-state index in [0.717, 1.165) is 0 Å². The van der Waals surface area contributed by atoms with Gasteiger partial charge in [-0.15, -0.1) is 0 Å². The summed E-state index contributed by atoms with van der Waals surface area (Å²) in [7, 11) is 2.03. The minimum atomic E-state index is 0.602. The molecule has 52 valence electrons. The van der Waals surface area contributed by atoms with Gasteiger partial charge in [-0.2, -0.15) is 5.10 Å². The van der Waals surface area contributed by atoms with Crippen molar-refractivity contribution in [1.82, 2.24) is 5.01 Å². The lowest BCUT2D eigenvalue weighted by molar-refractivity contribution is 0.214. The van der Waals surface area contributed by atoms with Gasteiger partial charge >= 0.3 is 0 Å². The molecule has 0 aliphatic carbocycles. The van der Waals surface area contributed by atoms with Crippen LogP contribution in [-0.2, 0) is 0 Å². The molecule has 0 radical (unpaired) electrons. The monoisotopic (exact) mass is 126 g/mol. The van der Waals surface area contributed by atoms with Crippen LogP contribution in [0.2, 0.25) is 0 Å². The summed E-state index contributed by atoms with van der Waals surface area (Å²) in [4.78, 5) is 0. The highest BCUT2D eigenvalue weighted by Gasteiger charge is 2.27. The fraction of sp³-hybridized carbons (Fsp3) is 0.857. The fourth-order valence-electron chi connectivity index (χ4n) is 1.50. The van der Waals surface area contributed by atoms with Crippen LogP contribution in [0, 0.1) is 5.92 Å². The first-order chi connectivity index (χ1) is 4.13. The number of hydrazone groups is 1. The van der Waals surface area contributed by atoms with Crippen molar-refractivity contribution in [2.75, 3.05) is 7.05 Å². The van der Waals surface area contributed by atoms with Crippen molar-refractivity contribution >= 4 is 5.71 Å². The van der Waals surface area contributed by atoms with E-state index in [4.69, 9.17) is 0 Å². The predicted octanol–water partition coefficient (Wildman–Crippen LogP) is 1.33. The summed E-state index contributed by atoms with van der Waals surface area (Å²) in [6.45, 7) is 6.53. The number of hydrogen-bond donors (Lipinski definition) is 0. The third-order valence-electron chi connectivity index (χ3n) is 1.78. The van der Waals surface area contributed by atoms with Crippen molar-refractivity contribution in [1.29, 1.82) is 0 Å². The second kappa shape index (κ2) is 2.01. The maximum Gasteiger partial charge on any atom is 0.0885 e. The Bertz CT molecular complexity index is 138. The molecule has 0 amide bonds. The molecule has 0 aromatic rings. The van der Waals surface area contributed by atoms with Crippen LogP contribution < -0.4 is 0 Å². The topological polar surface area (TPSA) is 15.6 Å². The van der Waals surface area contributed by atoms with Gasteiger partial charge in [-0.25, -0.2) is 0 Å². The average Bonchev–Trinajstić information content (AvgIpc) is 1.62. The lowest BCUT2D eigenvalue weighted by Gasteiger charge is -2.37. The van der Waals surface area contributed by atoms with Crippen LogP contribution in [0.4, 0.5) is 0 Å². The summed E-state index contributed by atoms with van der Waals surface area (Å²) in [5.41, 5.74) is 1.27. The Morgan fingerprint density at radius 3 is 2.22 bits per heavy atom. The predicted molar refractivity (Wildman–Crippen MR) is 39.5 cm³/mol. The van der Waals surface area contributed by atoms with Gasteiger partial charge in [0.1, 0.15) is 0 Å². The van der Waals surface area contributed by atoms with Crippen LogP contribution in [0.1, 0.15) is 20.8 Å². The van der Waals surface area contributed by atoms with Crippen LogP contribution in [0.25, 0.3) is 0 Å². The summed E-state index contributed by atoms with van der Waals surface area (Å²) in [6, 6.07) is 0.602. The van der Waals surface area contributed by atoms with E-state index in [0.29, 0.717) is 12.0 Å². The van der Waals surface area contributed by atoms with Crippen molar-refractivity contribution in [3.63, 3.8) is 0 Å². The van der Waals surface area contributed by atoms with Crippen LogP contribution in [0.15, 0.2) is 5.10 Å². The smallest absolute Gasteiger partial charge is 0.0885 e. The molecule has 2 nitrogen and oxygen atoms in total. The van der Waals surface area contributed by atoms with E-state index in [1.54, 1.807) is 0 Å². The van der Waals surface area contributed by atoms with Gasteiger partial charge in [0, 0.05) is 7.05 Å². The van der Waals surface area contributed by atoms with Crippen molar-refractivity contribution in [3.05, 3.63) is 0 Å². The highest BCUT2D eigenvalue weighted by Crippen LogP contribution is 2.18. The number of nitrogens with zero attached hydrogens (tertiary/aromatic N) is 2. The van der Waals surface area contributed by atoms with Crippen molar-refractivity contribution in [2.24, 2.45) is 11.0 Å². The molecule has 0 unspecified atom stereocenters. The molecule has 1 rings (SSSR count). The van der Waals surface area contributed by atoms with Gasteiger partial charge in [0.2, 0.25) is 0 Å². The molecule has 2 heteroatoms. The second-order valence-corrected chi connectivity index (χ2v) is 3.00. The highest BCUT2D eigenvalue weighted by atomic mass is 15.5. The quantitative estimate of drug-likeness (QED) is 0.517.